The normalized spacial score (nSPS) is 15.8. The van der Waals surface area contributed by atoms with Gasteiger partial charge in [0, 0.05) is 25.2 Å². The summed E-state index contributed by atoms with van der Waals surface area (Å²) in [4.78, 5) is 10.1. The first-order chi connectivity index (χ1) is 14.6. The summed E-state index contributed by atoms with van der Waals surface area (Å²) >= 11 is 0. The minimum Gasteiger partial charge on any atom is -0.379 e. The van der Waals surface area contributed by atoms with Crippen molar-refractivity contribution in [2.75, 3.05) is 31.7 Å². The van der Waals surface area contributed by atoms with Gasteiger partial charge in [-0.1, -0.05) is 12.1 Å². The van der Waals surface area contributed by atoms with Crippen LogP contribution >= 0.6 is 0 Å². The molecule has 0 unspecified atom stereocenters. The van der Waals surface area contributed by atoms with Gasteiger partial charge in [-0.15, -0.1) is 0 Å². The molecule has 2 aromatic rings. The molecule has 1 aliphatic heterocycles. The second-order valence-corrected chi connectivity index (χ2v) is 8.35. The number of morpholine rings is 1. The van der Waals surface area contributed by atoms with Crippen LogP contribution in [-0.2, 0) is 20.9 Å². The molecular weight excluding hydrogens is 441 g/mol. The van der Waals surface area contributed by atoms with Gasteiger partial charge in [0.1, 0.15) is 4.90 Å². The lowest BCUT2D eigenvalue weighted by molar-refractivity contribution is -0.385. The second kappa shape index (κ2) is 8.99. The molecule has 0 bridgehead atoms. The number of nitro groups is 1. The number of benzene rings is 2. The van der Waals surface area contributed by atoms with Crippen LogP contribution in [0.5, 0.6) is 0 Å². The summed E-state index contributed by atoms with van der Waals surface area (Å²) < 4.78 is 70.2. The lowest BCUT2D eigenvalue weighted by Gasteiger charge is -2.26. The van der Waals surface area contributed by atoms with Crippen LogP contribution in [-0.4, -0.2) is 50.2 Å². The van der Waals surface area contributed by atoms with Crippen LogP contribution in [0.15, 0.2) is 52.5 Å². The highest BCUT2D eigenvalue weighted by Gasteiger charge is 2.31. The van der Waals surface area contributed by atoms with Crippen LogP contribution in [0.4, 0.5) is 24.5 Å². The Labute approximate surface area is 175 Å². The summed E-state index contributed by atoms with van der Waals surface area (Å²) in [6.07, 6.45) is -3.26. The molecule has 0 aliphatic carbocycles. The third-order valence-electron chi connectivity index (χ3n) is 4.40. The van der Waals surface area contributed by atoms with E-state index in [1.54, 1.807) is 0 Å². The summed E-state index contributed by atoms with van der Waals surface area (Å²) in [6.45, 7) is 0.588. The van der Waals surface area contributed by atoms with Gasteiger partial charge in [-0.3, -0.25) is 15.5 Å². The number of nitrogens with zero attached hydrogens (tertiary/aromatic N) is 3. The van der Waals surface area contributed by atoms with Crippen molar-refractivity contribution in [1.82, 2.24) is 4.31 Å². The number of nitrogens with one attached hydrogen (secondary N) is 1. The summed E-state index contributed by atoms with van der Waals surface area (Å²) in [5.74, 6) is 0. The minimum absolute atomic E-state index is 0.0137. The van der Waals surface area contributed by atoms with E-state index in [1.165, 1.54) is 24.4 Å². The zero-order valence-corrected chi connectivity index (χ0v) is 16.7. The fourth-order valence-corrected chi connectivity index (χ4v) is 4.36. The highest BCUT2D eigenvalue weighted by Crippen LogP contribution is 2.30. The smallest absolute Gasteiger partial charge is 0.379 e. The Morgan fingerprint density at radius 1 is 1.13 bits per heavy atom. The number of sulfonamides is 1. The fourth-order valence-electron chi connectivity index (χ4n) is 2.79. The van der Waals surface area contributed by atoms with E-state index in [9.17, 15) is 31.7 Å². The molecule has 166 valence electrons. The van der Waals surface area contributed by atoms with E-state index in [-0.39, 0.29) is 36.9 Å². The maximum atomic E-state index is 13.0. The van der Waals surface area contributed by atoms with E-state index in [0.29, 0.717) is 5.56 Å². The summed E-state index contributed by atoms with van der Waals surface area (Å²) in [5, 5.41) is 15.0. The number of hydrogen-bond acceptors (Lipinski definition) is 7. The van der Waals surface area contributed by atoms with Crippen LogP contribution in [0.25, 0.3) is 0 Å². The maximum Gasteiger partial charge on any atom is 0.416 e. The molecule has 0 radical (unpaired) electrons. The second-order valence-electron chi connectivity index (χ2n) is 6.44. The Hall–Kier alpha value is -3.03. The molecule has 1 heterocycles. The quantitative estimate of drug-likeness (QED) is 0.404. The predicted molar refractivity (Wildman–Crippen MR) is 105 cm³/mol. The van der Waals surface area contributed by atoms with Crippen LogP contribution in [0, 0.1) is 10.1 Å². The van der Waals surface area contributed by atoms with E-state index in [4.69, 9.17) is 4.74 Å². The molecule has 9 nitrogen and oxygen atoms in total. The van der Waals surface area contributed by atoms with Crippen LogP contribution < -0.4 is 5.43 Å². The molecule has 13 heteroatoms. The summed E-state index contributed by atoms with van der Waals surface area (Å²) in [5.41, 5.74) is 1.60. The van der Waals surface area contributed by atoms with Gasteiger partial charge in [0.2, 0.25) is 10.0 Å². The summed E-state index contributed by atoms with van der Waals surface area (Å²) in [7, 11) is -4.08. The molecule has 1 fully saturated rings. The zero-order valence-electron chi connectivity index (χ0n) is 15.9. The number of alkyl halides is 3. The maximum absolute atomic E-state index is 13.0. The van der Waals surface area contributed by atoms with Gasteiger partial charge < -0.3 is 4.74 Å². The van der Waals surface area contributed by atoms with Gasteiger partial charge in [-0.05, 0) is 23.8 Å². The van der Waals surface area contributed by atoms with E-state index in [2.05, 4.69) is 10.5 Å². The van der Waals surface area contributed by atoms with Gasteiger partial charge in [0.15, 0.2) is 0 Å². The predicted octanol–water partition coefficient (Wildman–Crippen LogP) is 3.08. The molecule has 3 rings (SSSR count). The highest BCUT2D eigenvalue weighted by molar-refractivity contribution is 7.89. The monoisotopic (exact) mass is 458 g/mol. The van der Waals surface area contributed by atoms with Crippen molar-refractivity contribution < 1.29 is 31.2 Å². The fraction of sp³-hybridized carbons (Fsp3) is 0.278. The van der Waals surface area contributed by atoms with Crippen LogP contribution in [0.3, 0.4) is 0 Å². The van der Waals surface area contributed by atoms with Crippen molar-refractivity contribution in [1.29, 1.82) is 0 Å². The molecule has 0 spiro atoms. The van der Waals surface area contributed by atoms with Crippen molar-refractivity contribution in [2.24, 2.45) is 5.10 Å². The van der Waals surface area contributed by atoms with Crippen LogP contribution in [0.2, 0.25) is 0 Å². The number of anilines is 1. The van der Waals surface area contributed by atoms with E-state index >= 15 is 0 Å². The van der Waals surface area contributed by atoms with Gasteiger partial charge in [0.05, 0.1) is 35.6 Å². The van der Waals surface area contributed by atoms with Crippen molar-refractivity contribution in [2.45, 2.75) is 11.1 Å². The van der Waals surface area contributed by atoms with Gasteiger partial charge in [-0.25, -0.2) is 8.42 Å². The third kappa shape index (κ3) is 5.37. The van der Waals surface area contributed by atoms with Crippen molar-refractivity contribution in [3.05, 3.63) is 63.7 Å². The molecule has 1 N–H and O–H groups in total. The van der Waals surface area contributed by atoms with Crippen LogP contribution in [0.1, 0.15) is 11.1 Å². The van der Waals surface area contributed by atoms with E-state index in [0.717, 1.165) is 28.6 Å². The number of hydrogen-bond donors (Lipinski definition) is 1. The molecule has 0 atom stereocenters. The number of halogens is 3. The molecule has 2 aromatic carbocycles. The largest absolute Gasteiger partial charge is 0.416 e. The average Bonchev–Trinajstić information content (AvgIpc) is 2.74. The zero-order chi connectivity index (χ0) is 22.6. The van der Waals surface area contributed by atoms with E-state index < -0.39 is 32.4 Å². The molecule has 1 aliphatic rings. The Bertz CT molecular complexity index is 1080. The number of non-ortho nitro benzene ring substituents is 1. The lowest BCUT2D eigenvalue weighted by Crippen LogP contribution is -2.40. The van der Waals surface area contributed by atoms with Gasteiger partial charge in [0.25, 0.3) is 5.69 Å². The van der Waals surface area contributed by atoms with E-state index in [1.807, 2.05) is 0 Å². The number of ether oxygens (including phenoxy) is 1. The highest BCUT2D eigenvalue weighted by atomic mass is 32.2. The molecule has 0 saturated carbocycles. The Morgan fingerprint density at radius 2 is 1.77 bits per heavy atom. The van der Waals surface area contributed by atoms with Crippen molar-refractivity contribution in [3.8, 4) is 0 Å². The average molecular weight is 458 g/mol. The Morgan fingerprint density at radius 3 is 2.35 bits per heavy atom. The van der Waals surface area contributed by atoms with Crippen molar-refractivity contribution in [3.63, 3.8) is 0 Å². The number of nitro benzene ring substituents is 1. The lowest BCUT2D eigenvalue weighted by atomic mass is 10.1. The first-order valence-electron chi connectivity index (χ1n) is 8.92. The Balaban J connectivity index is 1.87. The molecule has 31 heavy (non-hydrogen) atoms. The molecule has 0 amide bonds. The summed E-state index contributed by atoms with van der Waals surface area (Å²) in [6, 6.07) is 7.44. The molecule has 0 aromatic heterocycles. The number of hydrazone groups is 1. The first-order valence-corrected chi connectivity index (χ1v) is 10.4. The Kier molecular flexibility index (Phi) is 6.57. The first kappa shape index (κ1) is 22.7. The third-order valence-corrected chi connectivity index (χ3v) is 6.34. The van der Waals surface area contributed by atoms with Gasteiger partial charge >= 0.3 is 6.18 Å². The number of rotatable bonds is 6. The minimum atomic E-state index is -4.46. The standard InChI is InChI=1S/C18H17F3N4O5S/c19-18(20,21)14-3-1-13(2-4-14)12-22-23-16-6-5-15(25(26)27)11-17(16)31(28,29)24-7-9-30-10-8-24/h1-6,11-12,23H,7-10H2/b22-12+. The van der Waals surface area contributed by atoms with Crippen molar-refractivity contribution >= 4 is 27.6 Å². The molecule has 1 saturated heterocycles. The molecular formula is C18H17F3N4O5S. The van der Waals surface area contributed by atoms with Gasteiger partial charge in [-0.2, -0.15) is 22.6 Å². The SMILES string of the molecule is O=[N+]([O-])c1ccc(N/N=C/c2ccc(C(F)(F)F)cc2)c(S(=O)(=O)N2CCOCC2)c1. The topological polar surface area (TPSA) is 114 Å².